The summed E-state index contributed by atoms with van der Waals surface area (Å²) < 4.78 is 5.97. The minimum Gasteiger partial charge on any atom is -0.418 e. The fraction of sp³-hybridized carbons (Fsp3) is 0.0476. The van der Waals surface area contributed by atoms with Crippen LogP contribution in [0.15, 0.2) is 83.3 Å². The first-order chi connectivity index (χ1) is 13.2. The average molecular weight is 396 g/mol. The molecule has 4 nitrogen and oxygen atoms in total. The third kappa shape index (κ3) is 4.13. The lowest BCUT2D eigenvalue weighted by atomic mass is 10.1. The molecule has 0 aliphatic heterocycles. The second kappa shape index (κ2) is 7.82. The molecule has 1 N–H and O–H groups in total. The quantitative estimate of drug-likeness (QED) is 0.434. The maximum atomic E-state index is 6.04. The van der Waals surface area contributed by atoms with Crippen LogP contribution in [0.1, 0.15) is 17.5 Å². The van der Waals surface area contributed by atoms with Crippen LogP contribution in [0, 0.1) is 0 Å². The van der Waals surface area contributed by atoms with Gasteiger partial charge in [0.2, 0.25) is 11.8 Å². The molecule has 0 radical (unpaired) electrons. The summed E-state index contributed by atoms with van der Waals surface area (Å²) in [6, 6.07) is 24.3. The first kappa shape index (κ1) is 17.6. The van der Waals surface area contributed by atoms with Crippen LogP contribution in [-0.4, -0.2) is 10.2 Å². The summed E-state index contributed by atoms with van der Waals surface area (Å²) in [7, 11) is 0. The molecule has 1 atom stereocenters. The van der Waals surface area contributed by atoms with E-state index in [-0.39, 0.29) is 6.04 Å². The van der Waals surface area contributed by atoms with Crippen molar-refractivity contribution >= 4 is 28.9 Å². The van der Waals surface area contributed by atoms with Crippen molar-refractivity contribution in [2.45, 2.75) is 6.04 Å². The third-order valence-corrected chi connectivity index (χ3v) is 4.57. The molecule has 0 saturated carbocycles. The summed E-state index contributed by atoms with van der Waals surface area (Å²) in [6.45, 7) is 0. The van der Waals surface area contributed by atoms with Crippen molar-refractivity contribution in [3.05, 3.63) is 100 Å². The summed E-state index contributed by atoms with van der Waals surface area (Å²) in [5.41, 5.74) is 2.72. The molecule has 0 spiro atoms. The number of halogens is 2. The van der Waals surface area contributed by atoms with Crippen molar-refractivity contribution in [3.63, 3.8) is 0 Å². The van der Waals surface area contributed by atoms with Gasteiger partial charge in [-0.25, -0.2) is 0 Å². The summed E-state index contributed by atoms with van der Waals surface area (Å²) >= 11 is 12.0. The van der Waals surface area contributed by atoms with Crippen molar-refractivity contribution in [2.24, 2.45) is 0 Å². The first-order valence-corrected chi connectivity index (χ1v) is 9.11. The van der Waals surface area contributed by atoms with Crippen LogP contribution in [-0.2, 0) is 0 Å². The molecule has 134 valence electrons. The van der Waals surface area contributed by atoms with Crippen LogP contribution in [0.3, 0.4) is 0 Å². The standard InChI is InChI=1S/C21H15Cl2N3O/c22-16-8-6-14(7-9-16)19(24-18-12-10-17(23)11-13-18)21-26-25-20(27-21)15-4-2-1-3-5-15/h1-13,19,24H/t19-/m0/s1. The van der Waals surface area contributed by atoms with Crippen molar-refractivity contribution in [1.29, 1.82) is 0 Å². The Balaban J connectivity index is 1.70. The number of anilines is 1. The lowest BCUT2D eigenvalue weighted by Crippen LogP contribution is -2.12. The molecule has 0 unspecified atom stereocenters. The molecule has 1 aromatic heterocycles. The Morgan fingerprint density at radius 1 is 0.741 bits per heavy atom. The lowest BCUT2D eigenvalue weighted by molar-refractivity contribution is 0.494. The zero-order valence-electron chi connectivity index (χ0n) is 14.1. The Morgan fingerprint density at radius 3 is 2.04 bits per heavy atom. The van der Waals surface area contributed by atoms with E-state index >= 15 is 0 Å². The fourth-order valence-electron chi connectivity index (χ4n) is 2.70. The Bertz CT molecular complexity index is 1020. The normalized spacial score (nSPS) is 11.9. The van der Waals surface area contributed by atoms with E-state index < -0.39 is 0 Å². The number of aromatic nitrogens is 2. The minimum absolute atomic E-state index is 0.326. The Hall–Kier alpha value is -2.82. The van der Waals surface area contributed by atoms with Crippen molar-refractivity contribution in [2.75, 3.05) is 5.32 Å². The van der Waals surface area contributed by atoms with E-state index in [0.29, 0.717) is 21.8 Å². The van der Waals surface area contributed by atoms with Crippen LogP contribution in [0.25, 0.3) is 11.5 Å². The summed E-state index contributed by atoms with van der Waals surface area (Å²) in [6.07, 6.45) is 0. The van der Waals surface area contributed by atoms with Crippen LogP contribution >= 0.6 is 23.2 Å². The van der Waals surface area contributed by atoms with Gasteiger partial charge in [0, 0.05) is 21.3 Å². The molecule has 0 aliphatic rings. The highest BCUT2D eigenvalue weighted by Crippen LogP contribution is 2.29. The Labute approximate surface area is 166 Å². The monoisotopic (exact) mass is 395 g/mol. The van der Waals surface area contributed by atoms with Gasteiger partial charge in [0.05, 0.1) is 0 Å². The molecule has 4 aromatic rings. The molecule has 1 heterocycles. The SMILES string of the molecule is Clc1ccc(N[C@@H](c2ccc(Cl)cc2)c2nnc(-c3ccccc3)o2)cc1. The molecular formula is C21H15Cl2N3O. The molecule has 6 heteroatoms. The topological polar surface area (TPSA) is 51.0 Å². The largest absolute Gasteiger partial charge is 0.418 e. The Kier molecular flexibility index (Phi) is 5.10. The van der Waals surface area contributed by atoms with Gasteiger partial charge in [-0.2, -0.15) is 0 Å². The van der Waals surface area contributed by atoms with Gasteiger partial charge in [-0.05, 0) is 54.1 Å². The van der Waals surface area contributed by atoms with E-state index in [2.05, 4.69) is 15.5 Å². The molecule has 0 saturated heterocycles. The van der Waals surface area contributed by atoms with Crippen LogP contribution < -0.4 is 5.32 Å². The number of benzene rings is 3. The van der Waals surface area contributed by atoms with E-state index in [1.54, 1.807) is 0 Å². The van der Waals surface area contributed by atoms with Crippen LogP contribution in [0.5, 0.6) is 0 Å². The summed E-state index contributed by atoms with van der Waals surface area (Å²) in [5, 5.41) is 13.2. The first-order valence-electron chi connectivity index (χ1n) is 8.35. The molecule has 27 heavy (non-hydrogen) atoms. The van der Waals surface area contributed by atoms with Crippen LogP contribution in [0.4, 0.5) is 5.69 Å². The maximum Gasteiger partial charge on any atom is 0.247 e. The van der Waals surface area contributed by atoms with Gasteiger partial charge in [0.25, 0.3) is 0 Å². The average Bonchev–Trinajstić information content (AvgIpc) is 3.19. The predicted molar refractivity (Wildman–Crippen MR) is 108 cm³/mol. The predicted octanol–water partition coefficient (Wildman–Crippen LogP) is 6.24. The van der Waals surface area contributed by atoms with Crippen molar-refractivity contribution in [3.8, 4) is 11.5 Å². The van der Waals surface area contributed by atoms with E-state index in [1.807, 2.05) is 78.9 Å². The fourth-order valence-corrected chi connectivity index (χ4v) is 2.96. The van der Waals surface area contributed by atoms with Crippen molar-refractivity contribution < 1.29 is 4.42 Å². The van der Waals surface area contributed by atoms with Crippen LogP contribution in [0.2, 0.25) is 10.0 Å². The zero-order valence-corrected chi connectivity index (χ0v) is 15.7. The van der Waals surface area contributed by atoms with E-state index in [1.165, 1.54) is 0 Å². The molecule has 3 aromatic carbocycles. The highest BCUT2D eigenvalue weighted by molar-refractivity contribution is 6.30. The summed E-state index contributed by atoms with van der Waals surface area (Å²) in [4.78, 5) is 0. The Morgan fingerprint density at radius 2 is 1.37 bits per heavy atom. The molecule has 0 fully saturated rings. The summed E-state index contributed by atoms with van der Waals surface area (Å²) in [5.74, 6) is 0.939. The third-order valence-electron chi connectivity index (χ3n) is 4.07. The van der Waals surface area contributed by atoms with Crippen molar-refractivity contribution in [1.82, 2.24) is 10.2 Å². The number of nitrogens with zero attached hydrogens (tertiary/aromatic N) is 2. The highest BCUT2D eigenvalue weighted by Gasteiger charge is 2.21. The van der Waals surface area contributed by atoms with Gasteiger partial charge in [-0.15, -0.1) is 10.2 Å². The van der Waals surface area contributed by atoms with Gasteiger partial charge in [-0.3, -0.25) is 0 Å². The maximum absolute atomic E-state index is 6.04. The molecule has 4 rings (SSSR count). The van der Waals surface area contributed by atoms with Gasteiger partial charge < -0.3 is 9.73 Å². The van der Waals surface area contributed by atoms with E-state index in [0.717, 1.165) is 16.8 Å². The van der Waals surface area contributed by atoms with E-state index in [9.17, 15) is 0 Å². The van der Waals surface area contributed by atoms with Gasteiger partial charge in [0.15, 0.2) is 0 Å². The molecule has 0 aliphatic carbocycles. The lowest BCUT2D eigenvalue weighted by Gasteiger charge is -2.17. The second-order valence-corrected chi connectivity index (χ2v) is 6.82. The van der Waals surface area contributed by atoms with Gasteiger partial charge >= 0.3 is 0 Å². The zero-order chi connectivity index (χ0) is 18.6. The highest BCUT2D eigenvalue weighted by atomic mass is 35.5. The second-order valence-electron chi connectivity index (χ2n) is 5.95. The molecular weight excluding hydrogens is 381 g/mol. The number of hydrogen-bond donors (Lipinski definition) is 1. The molecule has 0 bridgehead atoms. The number of nitrogens with one attached hydrogen (secondary N) is 1. The van der Waals surface area contributed by atoms with E-state index in [4.69, 9.17) is 27.6 Å². The van der Waals surface area contributed by atoms with Gasteiger partial charge in [-0.1, -0.05) is 53.5 Å². The van der Waals surface area contributed by atoms with Gasteiger partial charge in [0.1, 0.15) is 6.04 Å². The number of rotatable bonds is 5. The minimum atomic E-state index is -0.326. The number of hydrogen-bond acceptors (Lipinski definition) is 4. The smallest absolute Gasteiger partial charge is 0.247 e. The molecule has 0 amide bonds.